The summed E-state index contributed by atoms with van der Waals surface area (Å²) in [6, 6.07) is 7.16. The van der Waals surface area contributed by atoms with Crippen LogP contribution in [0.25, 0.3) is 0 Å². The second-order valence-electron chi connectivity index (χ2n) is 5.30. The van der Waals surface area contributed by atoms with Crippen molar-refractivity contribution in [3.63, 3.8) is 0 Å². The van der Waals surface area contributed by atoms with Crippen molar-refractivity contribution in [2.45, 2.75) is 39.2 Å². The van der Waals surface area contributed by atoms with E-state index in [1.807, 2.05) is 12.1 Å². The predicted octanol–water partition coefficient (Wildman–Crippen LogP) is 3.74. The quantitative estimate of drug-likeness (QED) is 0.470. The van der Waals surface area contributed by atoms with Gasteiger partial charge >= 0.3 is 5.97 Å². The van der Waals surface area contributed by atoms with Crippen LogP contribution in [0, 0.1) is 5.92 Å². The molecule has 0 aromatic heterocycles. The van der Waals surface area contributed by atoms with Crippen molar-refractivity contribution in [2.75, 3.05) is 0 Å². The molecule has 1 aromatic rings. The molecule has 2 atom stereocenters. The van der Waals surface area contributed by atoms with E-state index in [4.69, 9.17) is 9.47 Å². The highest BCUT2D eigenvalue weighted by molar-refractivity contribution is 5.88. The molecule has 1 aromatic carbocycles. The molecule has 0 N–H and O–H groups in total. The first kappa shape index (κ1) is 13.7. The van der Waals surface area contributed by atoms with Gasteiger partial charge in [0.2, 0.25) is 0 Å². The van der Waals surface area contributed by atoms with Crippen LogP contribution in [0.4, 0.5) is 0 Å². The molecule has 0 saturated heterocycles. The summed E-state index contributed by atoms with van der Waals surface area (Å²) in [6.07, 6.45) is 3.79. The van der Waals surface area contributed by atoms with Gasteiger partial charge in [0.15, 0.2) is 0 Å². The highest BCUT2D eigenvalue weighted by Gasteiger charge is 2.22. The molecule has 19 heavy (non-hydrogen) atoms. The van der Waals surface area contributed by atoms with E-state index in [2.05, 4.69) is 13.5 Å². The normalized spacial score (nSPS) is 22.0. The van der Waals surface area contributed by atoms with E-state index in [1.165, 1.54) is 6.42 Å². The average molecular weight is 260 g/mol. The number of hydrogen-bond donors (Lipinski definition) is 0. The number of rotatable bonds is 4. The molecule has 0 spiro atoms. The Balaban J connectivity index is 1.91. The van der Waals surface area contributed by atoms with Gasteiger partial charge in [0.1, 0.15) is 11.5 Å². The van der Waals surface area contributed by atoms with Gasteiger partial charge in [-0.1, -0.05) is 13.5 Å². The fraction of sp³-hybridized carbons (Fsp3) is 0.438. The summed E-state index contributed by atoms with van der Waals surface area (Å²) in [6.45, 7) is 7.42. The molecule has 0 bridgehead atoms. The Hall–Kier alpha value is -1.77. The summed E-state index contributed by atoms with van der Waals surface area (Å²) in [5, 5.41) is 0. The lowest BCUT2D eigenvalue weighted by atomic mass is 10.1. The Bertz CT molecular complexity index is 461. The van der Waals surface area contributed by atoms with Crippen LogP contribution in [0.2, 0.25) is 0 Å². The number of carbonyl (C=O) groups excluding carboxylic acids is 1. The number of benzene rings is 1. The molecule has 3 heteroatoms. The molecule has 0 radical (unpaired) electrons. The van der Waals surface area contributed by atoms with Gasteiger partial charge < -0.3 is 9.47 Å². The number of ether oxygens (including phenoxy) is 2. The monoisotopic (exact) mass is 260 g/mol. The second-order valence-corrected chi connectivity index (χ2v) is 5.30. The SMILES string of the molecule is C=C(C)C(=O)Oc1ccc(OC2CCC(C)C2)cc1. The molecule has 3 nitrogen and oxygen atoms in total. The molecular weight excluding hydrogens is 240 g/mol. The van der Waals surface area contributed by atoms with Crippen LogP contribution in [0.5, 0.6) is 11.5 Å². The van der Waals surface area contributed by atoms with Crippen molar-refractivity contribution in [3.8, 4) is 11.5 Å². The number of hydrogen-bond acceptors (Lipinski definition) is 3. The first-order chi connectivity index (χ1) is 9.04. The Kier molecular flexibility index (Phi) is 4.25. The van der Waals surface area contributed by atoms with Crippen molar-refractivity contribution in [2.24, 2.45) is 5.92 Å². The van der Waals surface area contributed by atoms with Crippen molar-refractivity contribution < 1.29 is 14.3 Å². The Labute approximate surface area is 114 Å². The molecule has 0 heterocycles. The fourth-order valence-corrected chi connectivity index (χ4v) is 2.23. The van der Waals surface area contributed by atoms with Crippen molar-refractivity contribution in [1.82, 2.24) is 0 Å². The van der Waals surface area contributed by atoms with Crippen LogP contribution >= 0.6 is 0 Å². The minimum Gasteiger partial charge on any atom is -0.490 e. The van der Waals surface area contributed by atoms with E-state index in [9.17, 15) is 4.79 Å². The Morgan fingerprint density at radius 3 is 2.37 bits per heavy atom. The van der Waals surface area contributed by atoms with Crippen LogP contribution in [0.15, 0.2) is 36.4 Å². The first-order valence-corrected chi connectivity index (χ1v) is 6.69. The zero-order chi connectivity index (χ0) is 13.8. The van der Waals surface area contributed by atoms with Gasteiger partial charge in [-0.05, 0) is 56.4 Å². The molecule has 2 unspecified atom stereocenters. The molecule has 1 aliphatic carbocycles. The van der Waals surface area contributed by atoms with E-state index in [-0.39, 0.29) is 0 Å². The topological polar surface area (TPSA) is 35.5 Å². The molecule has 2 rings (SSSR count). The molecule has 0 aliphatic heterocycles. The summed E-state index contributed by atoms with van der Waals surface area (Å²) in [5.74, 6) is 1.69. The Morgan fingerprint density at radius 1 is 1.21 bits per heavy atom. The Morgan fingerprint density at radius 2 is 1.84 bits per heavy atom. The molecule has 102 valence electrons. The van der Waals surface area contributed by atoms with E-state index in [1.54, 1.807) is 19.1 Å². The summed E-state index contributed by atoms with van der Waals surface area (Å²) >= 11 is 0. The molecule has 1 fully saturated rings. The van der Waals surface area contributed by atoms with Gasteiger partial charge in [-0.25, -0.2) is 4.79 Å². The maximum Gasteiger partial charge on any atom is 0.338 e. The maximum atomic E-state index is 11.4. The smallest absolute Gasteiger partial charge is 0.338 e. The minimum absolute atomic E-state index is 0.318. The summed E-state index contributed by atoms with van der Waals surface area (Å²) < 4.78 is 11.0. The van der Waals surface area contributed by atoms with Crippen LogP contribution in [-0.4, -0.2) is 12.1 Å². The third-order valence-electron chi connectivity index (χ3n) is 3.33. The predicted molar refractivity (Wildman–Crippen MR) is 74.3 cm³/mol. The van der Waals surface area contributed by atoms with Gasteiger partial charge in [0.25, 0.3) is 0 Å². The zero-order valence-electron chi connectivity index (χ0n) is 11.5. The molecule has 1 aliphatic rings. The summed E-state index contributed by atoms with van der Waals surface area (Å²) in [5.41, 5.74) is 0.389. The average Bonchev–Trinajstić information content (AvgIpc) is 2.77. The molecular formula is C16H20O3. The van der Waals surface area contributed by atoms with Gasteiger partial charge in [-0.15, -0.1) is 0 Å². The third kappa shape index (κ3) is 3.85. The first-order valence-electron chi connectivity index (χ1n) is 6.69. The van der Waals surface area contributed by atoms with Gasteiger partial charge in [0.05, 0.1) is 6.10 Å². The lowest BCUT2D eigenvalue weighted by Gasteiger charge is -2.13. The maximum absolute atomic E-state index is 11.4. The molecule has 0 amide bonds. The fourth-order valence-electron chi connectivity index (χ4n) is 2.23. The van der Waals surface area contributed by atoms with Crippen LogP contribution in [-0.2, 0) is 4.79 Å². The second kappa shape index (κ2) is 5.91. The largest absolute Gasteiger partial charge is 0.490 e. The van der Waals surface area contributed by atoms with Crippen molar-refractivity contribution in [3.05, 3.63) is 36.4 Å². The van der Waals surface area contributed by atoms with E-state index in [0.717, 1.165) is 24.5 Å². The van der Waals surface area contributed by atoms with Crippen molar-refractivity contribution >= 4 is 5.97 Å². The van der Waals surface area contributed by atoms with E-state index < -0.39 is 5.97 Å². The zero-order valence-corrected chi connectivity index (χ0v) is 11.5. The summed E-state index contributed by atoms with van der Waals surface area (Å²) in [7, 11) is 0. The van der Waals surface area contributed by atoms with E-state index in [0.29, 0.717) is 17.4 Å². The van der Waals surface area contributed by atoms with Gasteiger partial charge in [-0.3, -0.25) is 0 Å². The highest BCUT2D eigenvalue weighted by Crippen LogP contribution is 2.29. The van der Waals surface area contributed by atoms with Gasteiger partial charge in [0, 0.05) is 5.57 Å². The standard InChI is InChI=1S/C16H20O3/c1-11(2)16(17)19-14-8-6-13(7-9-14)18-15-5-4-12(3)10-15/h6-9,12,15H,1,4-5,10H2,2-3H3. The number of carbonyl (C=O) groups is 1. The van der Waals surface area contributed by atoms with Crippen LogP contribution in [0.3, 0.4) is 0 Å². The molecule has 1 saturated carbocycles. The third-order valence-corrected chi connectivity index (χ3v) is 3.33. The lowest BCUT2D eigenvalue weighted by molar-refractivity contribution is -0.130. The van der Waals surface area contributed by atoms with Gasteiger partial charge in [-0.2, -0.15) is 0 Å². The van der Waals surface area contributed by atoms with E-state index >= 15 is 0 Å². The van der Waals surface area contributed by atoms with Crippen molar-refractivity contribution in [1.29, 1.82) is 0 Å². The number of esters is 1. The highest BCUT2D eigenvalue weighted by atomic mass is 16.5. The lowest BCUT2D eigenvalue weighted by Crippen LogP contribution is -2.12. The van der Waals surface area contributed by atoms with Crippen LogP contribution < -0.4 is 9.47 Å². The minimum atomic E-state index is -0.404. The summed E-state index contributed by atoms with van der Waals surface area (Å²) in [4.78, 5) is 11.4. The van der Waals surface area contributed by atoms with Crippen LogP contribution in [0.1, 0.15) is 33.1 Å².